The predicted molar refractivity (Wildman–Crippen MR) is 86.6 cm³/mol. The van der Waals surface area contributed by atoms with Gasteiger partial charge in [-0.1, -0.05) is 18.2 Å². The smallest absolute Gasteiger partial charge is 0.221 e. The van der Waals surface area contributed by atoms with Crippen molar-refractivity contribution in [3.05, 3.63) is 52.8 Å². The van der Waals surface area contributed by atoms with E-state index >= 15 is 0 Å². The lowest BCUT2D eigenvalue weighted by Crippen LogP contribution is -2.21. The zero-order chi connectivity index (χ0) is 15.1. The largest absolute Gasteiger partial charge is 0.375 e. The monoisotopic (exact) mass is 310 g/mol. The van der Waals surface area contributed by atoms with Crippen LogP contribution in [0.2, 0.25) is 0 Å². The first-order valence-corrected chi connectivity index (χ1v) is 7.88. The maximum absolute atomic E-state index is 12.1. The number of amides is 1. The Morgan fingerprint density at radius 2 is 2.23 bits per heavy atom. The lowest BCUT2D eigenvalue weighted by atomic mass is 9.90. The molecule has 3 aromatic rings. The van der Waals surface area contributed by atoms with Gasteiger partial charge in [0.15, 0.2) is 5.13 Å². The molecule has 3 heterocycles. The highest BCUT2D eigenvalue weighted by atomic mass is 32.1. The van der Waals surface area contributed by atoms with E-state index in [2.05, 4.69) is 21.4 Å². The molecule has 1 atom stereocenters. The molecule has 110 valence electrons. The van der Waals surface area contributed by atoms with E-state index in [0.29, 0.717) is 18.1 Å². The first-order chi connectivity index (χ1) is 10.7. The Balaban J connectivity index is 1.94. The van der Waals surface area contributed by atoms with Crippen LogP contribution in [0, 0.1) is 0 Å². The number of carbonyl (C=O) groups excluding carboxylic acids is 1. The van der Waals surface area contributed by atoms with Crippen LogP contribution >= 0.6 is 11.3 Å². The summed E-state index contributed by atoms with van der Waals surface area (Å²) in [5.74, 6) is 0.0261. The molecule has 0 saturated heterocycles. The molecule has 1 unspecified atom stereocenters. The number of pyridine rings is 1. The van der Waals surface area contributed by atoms with Gasteiger partial charge in [0.2, 0.25) is 5.91 Å². The van der Waals surface area contributed by atoms with Crippen LogP contribution < -0.4 is 11.1 Å². The summed E-state index contributed by atoms with van der Waals surface area (Å²) in [7, 11) is 0. The first kappa shape index (κ1) is 13.2. The molecule has 3 N–H and O–H groups in total. The minimum Gasteiger partial charge on any atom is -0.375 e. The molecule has 22 heavy (non-hydrogen) atoms. The second kappa shape index (κ2) is 5.06. The highest BCUT2D eigenvalue weighted by Gasteiger charge is 2.28. The van der Waals surface area contributed by atoms with Gasteiger partial charge in [-0.15, -0.1) is 11.3 Å². The minimum absolute atomic E-state index is 0.0154. The SMILES string of the molecule is Nc1nc2c(s1)C(c1cccc3cnccc13)CC(=O)NC2. The van der Waals surface area contributed by atoms with Crippen molar-refractivity contribution >= 4 is 33.1 Å². The van der Waals surface area contributed by atoms with Crippen molar-refractivity contribution in [3.8, 4) is 0 Å². The summed E-state index contributed by atoms with van der Waals surface area (Å²) in [5, 5.41) is 5.64. The lowest BCUT2D eigenvalue weighted by Gasteiger charge is -2.16. The molecule has 0 fully saturated rings. The van der Waals surface area contributed by atoms with E-state index < -0.39 is 0 Å². The molecule has 1 aromatic carbocycles. The Kier molecular flexibility index (Phi) is 3.04. The van der Waals surface area contributed by atoms with Crippen molar-refractivity contribution in [2.75, 3.05) is 5.73 Å². The molecule has 2 aromatic heterocycles. The number of thiazole rings is 1. The molecule has 6 heteroatoms. The quantitative estimate of drug-likeness (QED) is 0.723. The molecular formula is C16H14N4OS. The lowest BCUT2D eigenvalue weighted by molar-refractivity contribution is -0.121. The molecular weight excluding hydrogens is 296 g/mol. The van der Waals surface area contributed by atoms with Crippen molar-refractivity contribution in [2.24, 2.45) is 0 Å². The van der Waals surface area contributed by atoms with E-state index in [-0.39, 0.29) is 11.8 Å². The van der Waals surface area contributed by atoms with E-state index in [4.69, 9.17) is 5.73 Å². The van der Waals surface area contributed by atoms with E-state index in [1.54, 1.807) is 6.20 Å². The Bertz CT molecular complexity index is 868. The van der Waals surface area contributed by atoms with E-state index in [9.17, 15) is 4.79 Å². The van der Waals surface area contributed by atoms with Gasteiger partial charge >= 0.3 is 0 Å². The third-order valence-corrected chi connectivity index (χ3v) is 5.03. The van der Waals surface area contributed by atoms with E-state index in [1.807, 2.05) is 24.4 Å². The van der Waals surface area contributed by atoms with Crippen molar-refractivity contribution in [2.45, 2.75) is 18.9 Å². The van der Waals surface area contributed by atoms with Gasteiger partial charge < -0.3 is 11.1 Å². The molecule has 0 aliphatic carbocycles. The Morgan fingerprint density at radius 1 is 1.32 bits per heavy atom. The fourth-order valence-corrected chi connectivity index (χ4v) is 3.99. The molecule has 1 aliphatic rings. The molecule has 0 bridgehead atoms. The zero-order valence-corrected chi connectivity index (χ0v) is 12.6. The maximum atomic E-state index is 12.1. The molecule has 0 spiro atoms. The summed E-state index contributed by atoms with van der Waals surface area (Å²) in [4.78, 5) is 21.7. The molecule has 0 radical (unpaired) electrons. The average molecular weight is 310 g/mol. The van der Waals surface area contributed by atoms with Gasteiger partial charge in [0.25, 0.3) is 0 Å². The van der Waals surface area contributed by atoms with Crippen LogP contribution in [-0.4, -0.2) is 15.9 Å². The third kappa shape index (κ3) is 2.12. The Hall–Kier alpha value is -2.47. The number of carbonyl (C=O) groups is 1. The van der Waals surface area contributed by atoms with Crippen molar-refractivity contribution < 1.29 is 4.79 Å². The first-order valence-electron chi connectivity index (χ1n) is 7.07. The van der Waals surface area contributed by atoms with Gasteiger partial charge in [-0.25, -0.2) is 4.98 Å². The molecule has 1 amide bonds. The number of rotatable bonds is 1. The number of aromatic nitrogens is 2. The van der Waals surface area contributed by atoms with Gasteiger partial charge in [0.1, 0.15) is 0 Å². The minimum atomic E-state index is -0.0154. The predicted octanol–water partition coefficient (Wildman–Crippen LogP) is 2.43. The van der Waals surface area contributed by atoms with Gasteiger partial charge in [-0.05, 0) is 17.0 Å². The van der Waals surface area contributed by atoms with Gasteiger partial charge in [0, 0.05) is 35.0 Å². The zero-order valence-electron chi connectivity index (χ0n) is 11.7. The number of nitrogens with one attached hydrogen (secondary N) is 1. The van der Waals surface area contributed by atoms with Crippen LogP contribution in [0.4, 0.5) is 5.13 Å². The van der Waals surface area contributed by atoms with Gasteiger partial charge in [0.05, 0.1) is 12.2 Å². The van der Waals surface area contributed by atoms with Gasteiger partial charge in [-0.3, -0.25) is 9.78 Å². The molecule has 0 saturated carbocycles. The summed E-state index contributed by atoms with van der Waals surface area (Å²) < 4.78 is 0. The van der Waals surface area contributed by atoms with E-state index in [1.165, 1.54) is 11.3 Å². The number of nitrogen functional groups attached to an aromatic ring is 1. The van der Waals surface area contributed by atoms with Crippen LogP contribution in [-0.2, 0) is 11.3 Å². The summed E-state index contributed by atoms with van der Waals surface area (Å²) in [5.41, 5.74) is 7.89. The van der Waals surface area contributed by atoms with Crippen LogP contribution in [0.15, 0.2) is 36.7 Å². The number of nitrogens with zero attached hydrogens (tertiary/aromatic N) is 2. The number of fused-ring (bicyclic) bond motifs is 2. The standard InChI is InChI=1S/C16H14N4OS/c17-16-20-13-8-19-14(21)6-12(15(13)22-16)11-3-1-2-9-7-18-5-4-10(9)11/h1-5,7,12H,6,8H2,(H2,17,20)(H,19,21). The number of anilines is 1. The van der Waals surface area contributed by atoms with Gasteiger partial charge in [-0.2, -0.15) is 0 Å². The number of benzene rings is 1. The topological polar surface area (TPSA) is 80.9 Å². The normalized spacial score (nSPS) is 17.8. The van der Waals surface area contributed by atoms with Crippen LogP contribution in [0.5, 0.6) is 0 Å². The molecule has 1 aliphatic heterocycles. The van der Waals surface area contributed by atoms with Crippen LogP contribution in [0.3, 0.4) is 0 Å². The van der Waals surface area contributed by atoms with E-state index in [0.717, 1.165) is 26.9 Å². The molecule has 5 nitrogen and oxygen atoms in total. The second-order valence-electron chi connectivity index (χ2n) is 5.34. The van der Waals surface area contributed by atoms with Crippen LogP contribution in [0.25, 0.3) is 10.8 Å². The summed E-state index contributed by atoms with van der Waals surface area (Å²) in [6, 6.07) is 8.11. The second-order valence-corrected chi connectivity index (χ2v) is 6.40. The number of nitrogens with two attached hydrogens (primary N) is 1. The summed E-state index contributed by atoms with van der Waals surface area (Å²) in [6.45, 7) is 0.449. The van der Waals surface area contributed by atoms with Crippen LogP contribution in [0.1, 0.15) is 28.5 Å². The maximum Gasteiger partial charge on any atom is 0.221 e. The highest BCUT2D eigenvalue weighted by molar-refractivity contribution is 7.15. The molecule has 4 rings (SSSR count). The number of hydrogen-bond donors (Lipinski definition) is 2. The fourth-order valence-electron chi connectivity index (χ4n) is 3.02. The Labute approximate surface area is 131 Å². The van der Waals surface area contributed by atoms with Crippen molar-refractivity contribution in [1.29, 1.82) is 0 Å². The fraction of sp³-hybridized carbons (Fsp3) is 0.188. The summed E-state index contributed by atoms with van der Waals surface area (Å²) in [6.07, 6.45) is 4.04. The summed E-state index contributed by atoms with van der Waals surface area (Å²) >= 11 is 1.48. The highest BCUT2D eigenvalue weighted by Crippen LogP contribution is 2.39. The Morgan fingerprint density at radius 3 is 3.14 bits per heavy atom. The van der Waals surface area contributed by atoms with Crippen molar-refractivity contribution in [3.63, 3.8) is 0 Å². The van der Waals surface area contributed by atoms with Crippen molar-refractivity contribution in [1.82, 2.24) is 15.3 Å². The average Bonchev–Trinajstić information content (AvgIpc) is 2.84. The third-order valence-electron chi connectivity index (χ3n) is 3.99. The number of hydrogen-bond acceptors (Lipinski definition) is 5.